The van der Waals surface area contributed by atoms with Crippen LogP contribution in [0.25, 0.3) is 0 Å². The number of urea groups is 1. The number of aryl methyl sites for hydroxylation is 1. The van der Waals surface area contributed by atoms with Gasteiger partial charge in [0.25, 0.3) is 5.91 Å². The summed E-state index contributed by atoms with van der Waals surface area (Å²) in [5.74, 6) is 0.626. The fourth-order valence-corrected chi connectivity index (χ4v) is 10.5. The van der Waals surface area contributed by atoms with Crippen molar-refractivity contribution < 1.29 is 28.4 Å². The highest BCUT2D eigenvalue weighted by molar-refractivity contribution is 7.92. The van der Waals surface area contributed by atoms with Crippen LogP contribution in [0.15, 0.2) is 52.9 Å². The van der Waals surface area contributed by atoms with E-state index >= 15 is 0 Å². The highest BCUT2D eigenvalue weighted by Crippen LogP contribution is 2.47. The number of carbonyl (C=O) groups is 2. The van der Waals surface area contributed by atoms with Crippen LogP contribution in [0.2, 0.25) is 5.02 Å². The fourth-order valence-electron chi connectivity index (χ4n) is 8.43. The number of halogens is 1. The molecule has 2 bridgehead atoms. The van der Waals surface area contributed by atoms with E-state index in [0.29, 0.717) is 50.0 Å². The third kappa shape index (κ3) is 7.22. The van der Waals surface area contributed by atoms with Gasteiger partial charge in [-0.05, 0) is 111 Å². The number of carbonyl (C=O) groups excluding carboxylic acids is 2. The molecular formula is C37H47ClN4O6S. The predicted octanol–water partition coefficient (Wildman–Crippen LogP) is 5.80. The zero-order chi connectivity index (χ0) is 34.3. The number of rotatable bonds is 3. The molecule has 10 nitrogen and oxygen atoms in total. The van der Waals surface area contributed by atoms with Crippen LogP contribution >= 0.6 is 11.6 Å². The maximum Gasteiger partial charge on any atom is 0.327 e. The maximum absolute atomic E-state index is 14.3. The second-order valence-corrected chi connectivity index (χ2v) is 17.3. The molecule has 2 saturated carbocycles. The molecule has 2 fully saturated rings. The van der Waals surface area contributed by atoms with Gasteiger partial charge in [-0.15, -0.1) is 4.36 Å². The summed E-state index contributed by atoms with van der Waals surface area (Å²) in [6.07, 6.45) is 10.3. The number of allylic oxidation sites excluding steroid dienone is 1. The van der Waals surface area contributed by atoms with Crippen LogP contribution < -0.4 is 19.7 Å². The number of amides is 3. The van der Waals surface area contributed by atoms with Gasteiger partial charge in [0.2, 0.25) is 0 Å². The van der Waals surface area contributed by atoms with E-state index in [1.165, 1.54) is 11.1 Å². The molecule has 0 saturated heterocycles. The number of anilines is 1. The highest BCUT2D eigenvalue weighted by atomic mass is 35.5. The molecule has 2 heterocycles. The summed E-state index contributed by atoms with van der Waals surface area (Å²) in [6, 6.07) is 10.7. The topological polar surface area (TPSA) is 130 Å². The Kier molecular flexibility index (Phi) is 9.73. The SMILES string of the molecule is CO[C@H]1/C=C/C[C@H](C)CS(=O)(NC(=O)NC2CC(O)C2)=NC(=O)c2ccc3c(c2)N(C[C@@H]2CC[C@H]21)C[C@@]1(CCCc2cc(Cl)ccc21)CO3. The Labute approximate surface area is 294 Å². The van der Waals surface area contributed by atoms with Crippen LogP contribution in [-0.4, -0.2) is 72.1 Å². The van der Waals surface area contributed by atoms with Crippen LogP contribution in [-0.2, 0) is 26.5 Å². The summed E-state index contributed by atoms with van der Waals surface area (Å²) in [7, 11) is -1.75. The van der Waals surface area contributed by atoms with Crippen LogP contribution in [0.5, 0.6) is 5.75 Å². The van der Waals surface area contributed by atoms with Gasteiger partial charge < -0.3 is 24.8 Å². The quantitative estimate of drug-likeness (QED) is 0.344. The van der Waals surface area contributed by atoms with Gasteiger partial charge in [-0.1, -0.05) is 36.7 Å². The van der Waals surface area contributed by atoms with Crippen molar-refractivity contribution in [1.29, 1.82) is 0 Å². The van der Waals surface area contributed by atoms with E-state index in [1.54, 1.807) is 13.2 Å². The lowest BCUT2D eigenvalue weighted by molar-refractivity contribution is 0.0131. The number of aliphatic hydroxyl groups is 1. The van der Waals surface area contributed by atoms with Crippen LogP contribution in [0, 0.1) is 17.8 Å². The van der Waals surface area contributed by atoms with Gasteiger partial charge in [-0.2, -0.15) is 0 Å². The lowest BCUT2D eigenvalue weighted by Crippen LogP contribution is -2.51. The molecule has 49 heavy (non-hydrogen) atoms. The summed E-state index contributed by atoms with van der Waals surface area (Å²) < 4.78 is 33.7. The van der Waals surface area contributed by atoms with Crippen LogP contribution in [0.1, 0.15) is 73.4 Å². The van der Waals surface area contributed by atoms with E-state index < -0.39 is 28.0 Å². The number of nitrogens with one attached hydrogen (secondary N) is 2. The lowest BCUT2D eigenvalue weighted by Gasteiger charge is -2.46. The van der Waals surface area contributed by atoms with E-state index in [1.807, 2.05) is 25.1 Å². The largest absolute Gasteiger partial charge is 0.490 e. The van der Waals surface area contributed by atoms with Gasteiger partial charge >= 0.3 is 6.03 Å². The average Bonchev–Trinajstić information content (AvgIpc) is 3.17. The van der Waals surface area contributed by atoms with E-state index in [2.05, 4.69) is 43.6 Å². The Balaban J connectivity index is 1.27. The maximum atomic E-state index is 14.3. The lowest BCUT2D eigenvalue weighted by atomic mass is 9.68. The first-order valence-electron chi connectivity index (χ1n) is 17.6. The van der Waals surface area contributed by atoms with Crippen molar-refractivity contribution in [2.24, 2.45) is 22.1 Å². The van der Waals surface area contributed by atoms with E-state index in [-0.39, 0.29) is 34.8 Å². The van der Waals surface area contributed by atoms with Crippen molar-refractivity contribution in [2.45, 2.75) is 82.0 Å². The minimum absolute atomic E-state index is 0.000381. The number of benzene rings is 2. The van der Waals surface area contributed by atoms with Crippen molar-refractivity contribution in [3.8, 4) is 5.75 Å². The molecule has 0 radical (unpaired) electrons. The minimum atomic E-state index is -3.51. The third-order valence-corrected chi connectivity index (χ3v) is 13.4. The summed E-state index contributed by atoms with van der Waals surface area (Å²) in [4.78, 5) is 29.2. The number of methoxy groups -OCH3 is 1. The van der Waals surface area contributed by atoms with Crippen molar-refractivity contribution >= 4 is 39.1 Å². The molecule has 5 aliphatic rings. The molecule has 2 aliphatic heterocycles. The first kappa shape index (κ1) is 34.3. The monoisotopic (exact) mass is 710 g/mol. The molecule has 0 aromatic heterocycles. The van der Waals surface area contributed by atoms with Crippen molar-refractivity contribution in [3.63, 3.8) is 0 Å². The number of hydrogen-bond acceptors (Lipinski definition) is 7. The van der Waals surface area contributed by atoms with Gasteiger partial charge in [-0.25, -0.2) is 9.00 Å². The number of hydrogen-bond donors (Lipinski definition) is 3. The van der Waals surface area contributed by atoms with Gasteiger partial charge in [0.1, 0.15) is 15.7 Å². The summed E-state index contributed by atoms with van der Waals surface area (Å²) >= 11 is 6.44. The molecule has 2 aromatic carbocycles. The molecule has 2 aromatic rings. The zero-order valence-electron chi connectivity index (χ0n) is 28.2. The number of nitrogens with zero attached hydrogens (tertiary/aromatic N) is 2. The van der Waals surface area contributed by atoms with Crippen molar-refractivity contribution in [1.82, 2.24) is 10.0 Å². The fraction of sp³-hybridized carbons (Fsp3) is 0.568. The molecular weight excluding hydrogens is 664 g/mol. The van der Waals surface area contributed by atoms with Crippen LogP contribution in [0.3, 0.4) is 0 Å². The second-order valence-electron chi connectivity index (χ2n) is 14.9. The smallest absolute Gasteiger partial charge is 0.327 e. The molecule has 1 unspecified atom stereocenters. The van der Waals surface area contributed by atoms with Gasteiger partial charge in [-0.3, -0.25) is 9.52 Å². The van der Waals surface area contributed by atoms with E-state index in [0.717, 1.165) is 49.4 Å². The first-order valence-corrected chi connectivity index (χ1v) is 19.6. The molecule has 3 aliphatic carbocycles. The Hall–Kier alpha value is -3.12. The van der Waals surface area contributed by atoms with Crippen LogP contribution in [0.4, 0.5) is 10.5 Å². The Morgan fingerprint density at radius 1 is 1.20 bits per heavy atom. The number of fused-ring (bicyclic) bond motifs is 4. The molecule has 3 amide bonds. The average molecular weight is 711 g/mol. The van der Waals surface area contributed by atoms with Gasteiger partial charge in [0.05, 0.1) is 30.3 Å². The van der Waals surface area contributed by atoms with Crippen molar-refractivity contribution in [3.05, 3.63) is 70.3 Å². The highest BCUT2D eigenvalue weighted by Gasteiger charge is 2.44. The molecule has 264 valence electrons. The normalized spacial score (nSPS) is 34.9. The third-order valence-electron chi connectivity index (χ3n) is 11.2. The standard InChI is InChI=1S/C37H47ClN4O6S/c1-23-5-3-7-33(47-2)30-11-8-26(30)19-42-21-37(14-4-6-24-15-27(38)10-12-31(24)37)22-48-34-13-9-25(16-32(34)42)35(44)40-49(46,20-23)41-36(45)39-28-17-29(43)18-28/h3,7,9-10,12-13,15-16,23,26,28-30,33,43H,4-6,8,11,14,17-22H2,1-2H3,(H2,39,40,41,44,45,46)/b7-3+/t23-,26-,28?,29?,30+,33-,37-,49?/m0/s1. The number of ether oxygens (including phenoxy) is 2. The summed E-state index contributed by atoms with van der Waals surface area (Å²) in [5.41, 5.74) is 3.38. The Bertz CT molecular complexity index is 1750. The Morgan fingerprint density at radius 2 is 2.04 bits per heavy atom. The predicted molar refractivity (Wildman–Crippen MR) is 191 cm³/mol. The van der Waals surface area contributed by atoms with Gasteiger partial charge in [0.15, 0.2) is 0 Å². The zero-order valence-corrected chi connectivity index (χ0v) is 29.8. The molecule has 3 N–H and O–H groups in total. The molecule has 12 heteroatoms. The second kappa shape index (κ2) is 13.9. The summed E-state index contributed by atoms with van der Waals surface area (Å²) in [6.45, 7) is 3.93. The van der Waals surface area contributed by atoms with E-state index in [4.69, 9.17) is 21.1 Å². The minimum Gasteiger partial charge on any atom is -0.490 e. The van der Waals surface area contributed by atoms with Gasteiger partial charge in [0, 0.05) is 42.2 Å². The summed E-state index contributed by atoms with van der Waals surface area (Å²) in [5, 5.41) is 13.1. The van der Waals surface area contributed by atoms with E-state index in [9.17, 15) is 18.9 Å². The first-order chi connectivity index (χ1) is 23.5. The Morgan fingerprint density at radius 3 is 2.80 bits per heavy atom. The number of aliphatic hydroxyl groups excluding tert-OH is 1. The molecule has 6 atom stereocenters. The molecule has 7 rings (SSSR count). The van der Waals surface area contributed by atoms with Crippen molar-refractivity contribution in [2.75, 3.05) is 37.5 Å². The molecule has 1 spiro atoms.